The number of carbonyl (C=O) groups is 1. The third kappa shape index (κ3) is 4.73. The van der Waals surface area contributed by atoms with Crippen LogP contribution in [0, 0.1) is 11.6 Å². The van der Waals surface area contributed by atoms with Crippen LogP contribution in [0.4, 0.5) is 8.78 Å². The summed E-state index contributed by atoms with van der Waals surface area (Å²) >= 11 is 6.41. The van der Waals surface area contributed by atoms with Crippen molar-refractivity contribution in [2.45, 2.75) is 13.3 Å². The Morgan fingerprint density at radius 2 is 1.79 bits per heavy atom. The third-order valence-corrected chi connectivity index (χ3v) is 5.74. The molecule has 4 aromatic rings. The molecule has 0 aliphatic heterocycles. The van der Waals surface area contributed by atoms with E-state index in [0.717, 1.165) is 28.2 Å². The number of carboxylic acids is 1. The molecule has 0 bridgehead atoms. The molecule has 3 nitrogen and oxygen atoms in total. The van der Waals surface area contributed by atoms with E-state index in [1.54, 1.807) is 30.5 Å². The largest absolute Gasteiger partial charge is 0.478 e. The van der Waals surface area contributed by atoms with E-state index in [1.165, 1.54) is 24.3 Å². The number of aliphatic carboxylic acids is 1. The number of hydrogen-bond donors (Lipinski definition) is 2. The molecule has 0 amide bonds. The zero-order valence-corrected chi connectivity index (χ0v) is 18.5. The summed E-state index contributed by atoms with van der Waals surface area (Å²) in [5.41, 5.74) is 4.86. The molecule has 0 fully saturated rings. The average Bonchev–Trinajstić information content (AvgIpc) is 3.26. The zero-order valence-electron chi connectivity index (χ0n) is 17.7. The topological polar surface area (TPSA) is 53.1 Å². The number of H-pyrrole nitrogens is 1. The van der Waals surface area contributed by atoms with Gasteiger partial charge in [0.25, 0.3) is 0 Å². The number of rotatable bonds is 6. The molecule has 6 heteroatoms. The maximum absolute atomic E-state index is 14.9. The highest BCUT2D eigenvalue weighted by Crippen LogP contribution is 2.38. The van der Waals surface area contributed by atoms with Gasteiger partial charge in [0.15, 0.2) is 0 Å². The van der Waals surface area contributed by atoms with Crippen LogP contribution in [-0.4, -0.2) is 16.1 Å². The normalized spacial score (nSPS) is 12.4. The number of aromatic nitrogens is 1. The molecule has 3 aromatic carbocycles. The fraction of sp³-hybridized carbons (Fsp3) is 0.0741. The molecule has 2 N–H and O–H groups in total. The van der Waals surface area contributed by atoms with Gasteiger partial charge in [0.05, 0.1) is 10.5 Å². The highest BCUT2D eigenvalue weighted by molar-refractivity contribution is 6.32. The predicted octanol–water partition coefficient (Wildman–Crippen LogP) is 7.57. The van der Waals surface area contributed by atoms with Crippen LogP contribution in [0.1, 0.15) is 35.6 Å². The summed E-state index contributed by atoms with van der Waals surface area (Å²) < 4.78 is 28.6. The van der Waals surface area contributed by atoms with Crippen LogP contribution in [0.3, 0.4) is 0 Å². The minimum atomic E-state index is -1.03. The maximum Gasteiger partial charge on any atom is 0.328 e. The monoisotopic (exact) mass is 463 g/mol. The Hall–Kier alpha value is -3.70. The van der Waals surface area contributed by atoms with E-state index in [2.05, 4.69) is 4.98 Å². The van der Waals surface area contributed by atoms with E-state index in [0.29, 0.717) is 28.6 Å². The van der Waals surface area contributed by atoms with Gasteiger partial charge in [0, 0.05) is 17.7 Å². The van der Waals surface area contributed by atoms with Crippen molar-refractivity contribution in [3.8, 4) is 0 Å². The first-order chi connectivity index (χ1) is 15.9. The van der Waals surface area contributed by atoms with E-state index in [9.17, 15) is 13.6 Å². The second-order valence-corrected chi connectivity index (χ2v) is 7.93. The summed E-state index contributed by atoms with van der Waals surface area (Å²) in [5.74, 6) is -1.85. The Labute approximate surface area is 194 Å². The number of halogens is 3. The molecule has 166 valence electrons. The van der Waals surface area contributed by atoms with Gasteiger partial charge in [-0.15, -0.1) is 0 Å². The van der Waals surface area contributed by atoms with Crippen molar-refractivity contribution >= 4 is 45.7 Å². The van der Waals surface area contributed by atoms with Crippen molar-refractivity contribution in [1.29, 1.82) is 0 Å². The number of aromatic amines is 1. The molecule has 0 unspecified atom stereocenters. The Morgan fingerprint density at radius 3 is 2.45 bits per heavy atom. The van der Waals surface area contributed by atoms with E-state index < -0.39 is 11.8 Å². The van der Waals surface area contributed by atoms with E-state index in [4.69, 9.17) is 16.7 Å². The summed E-state index contributed by atoms with van der Waals surface area (Å²) in [6.07, 6.45) is 4.81. The van der Waals surface area contributed by atoms with Gasteiger partial charge in [-0.25, -0.2) is 13.6 Å². The fourth-order valence-corrected chi connectivity index (χ4v) is 4.23. The Balaban J connectivity index is 1.97. The van der Waals surface area contributed by atoms with Crippen molar-refractivity contribution in [3.05, 3.63) is 112 Å². The van der Waals surface area contributed by atoms with Crippen molar-refractivity contribution in [1.82, 2.24) is 4.98 Å². The lowest BCUT2D eigenvalue weighted by molar-refractivity contribution is -0.131. The molecule has 33 heavy (non-hydrogen) atoms. The van der Waals surface area contributed by atoms with Gasteiger partial charge in [0.1, 0.15) is 11.6 Å². The highest BCUT2D eigenvalue weighted by atomic mass is 35.5. The standard InChI is InChI=1S/C27H20ClF2NO2/c1-2-21(22-9-8-20(29)15-23(22)28)26(17-6-3-16(4-7-17)5-10-25(32)33)19-13-18-11-12-31-27(18)24(30)14-19/h3-15,31H,2H2,1H3,(H,32,33). The molecule has 0 spiro atoms. The van der Waals surface area contributed by atoms with Crippen LogP contribution < -0.4 is 0 Å². The van der Waals surface area contributed by atoms with E-state index in [-0.39, 0.29) is 10.8 Å². The first-order valence-corrected chi connectivity index (χ1v) is 10.7. The van der Waals surface area contributed by atoms with Gasteiger partial charge in [-0.3, -0.25) is 0 Å². The summed E-state index contributed by atoms with van der Waals surface area (Å²) in [6, 6.07) is 16.7. The van der Waals surface area contributed by atoms with Crippen molar-refractivity contribution in [2.75, 3.05) is 0 Å². The number of carboxylic acid groups (broad SMARTS) is 1. The molecular weight excluding hydrogens is 444 g/mol. The molecule has 0 aliphatic carbocycles. The molecule has 4 rings (SSSR count). The van der Waals surface area contributed by atoms with Crippen LogP contribution in [0.25, 0.3) is 28.1 Å². The first kappa shape index (κ1) is 22.5. The van der Waals surface area contributed by atoms with Crippen LogP contribution in [0.15, 0.2) is 72.9 Å². The van der Waals surface area contributed by atoms with Crippen LogP contribution in [0.5, 0.6) is 0 Å². The average molecular weight is 464 g/mol. The van der Waals surface area contributed by atoms with Crippen LogP contribution >= 0.6 is 11.6 Å². The molecule has 0 saturated carbocycles. The molecule has 0 saturated heterocycles. The Morgan fingerprint density at radius 1 is 1.03 bits per heavy atom. The second kappa shape index (κ2) is 9.43. The smallest absolute Gasteiger partial charge is 0.328 e. The number of nitrogens with one attached hydrogen (secondary N) is 1. The lowest BCUT2D eigenvalue weighted by Crippen LogP contribution is -1.97. The summed E-state index contributed by atoms with van der Waals surface area (Å²) in [6.45, 7) is 1.96. The lowest BCUT2D eigenvalue weighted by atomic mass is 9.87. The molecular formula is C27H20ClF2NO2. The van der Waals surface area contributed by atoms with E-state index in [1.807, 2.05) is 25.1 Å². The number of fused-ring (bicyclic) bond motifs is 1. The highest BCUT2D eigenvalue weighted by Gasteiger charge is 2.17. The number of hydrogen-bond acceptors (Lipinski definition) is 1. The quantitative estimate of drug-likeness (QED) is 0.229. The van der Waals surface area contributed by atoms with Gasteiger partial charge in [-0.05, 0) is 76.2 Å². The SMILES string of the molecule is CCC(=C(c1ccc(C=CC(=O)O)cc1)c1cc(F)c2[nH]ccc2c1)c1ccc(F)cc1Cl. The summed E-state index contributed by atoms with van der Waals surface area (Å²) in [4.78, 5) is 13.7. The number of benzene rings is 3. The summed E-state index contributed by atoms with van der Waals surface area (Å²) in [5, 5.41) is 9.86. The number of allylic oxidation sites excluding steroid dienone is 1. The summed E-state index contributed by atoms with van der Waals surface area (Å²) in [7, 11) is 0. The minimum Gasteiger partial charge on any atom is -0.478 e. The molecule has 0 radical (unpaired) electrons. The minimum absolute atomic E-state index is 0.272. The first-order valence-electron chi connectivity index (χ1n) is 10.3. The molecule has 0 aliphatic rings. The van der Waals surface area contributed by atoms with Gasteiger partial charge >= 0.3 is 5.97 Å². The van der Waals surface area contributed by atoms with E-state index >= 15 is 0 Å². The zero-order chi connectivity index (χ0) is 23.5. The van der Waals surface area contributed by atoms with Gasteiger partial charge < -0.3 is 10.1 Å². The molecule has 0 atom stereocenters. The molecule has 1 aromatic heterocycles. The molecule has 1 heterocycles. The Kier molecular flexibility index (Phi) is 6.43. The Bertz CT molecular complexity index is 1400. The fourth-order valence-electron chi connectivity index (χ4n) is 3.95. The van der Waals surface area contributed by atoms with Crippen molar-refractivity contribution in [3.63, 3.8) is 0 Å². The van der Waals surface area contributed by atoms with Gasteiger partial charge in [0.2, 0.25) is 0 Å². The lowest BCUT2D eigenvalue weighted by Gasteiger charge is -2.18. The van der Waals surface area contributed by atoms with Gasteiger partial charge in [-0.2, -0.15) is 0 Å². The van der Waals surface area contributed by atoms with Crippen molar-refractivity contribution < 1.29 is 18.7 Å². The third-order valence-electron chi connectivity index (χ3n) is 5.43. The second-order valence-electron chi connectivity index (χ2n) is 7.52. The predicted molar refractivity (Wildman–Crippen MR) is 129 cm³/mol. The van der Waals surface area contributed by atoms with Crippen LogP contribution in [-0.2, 0) is 4.79 Å². The maximum atomic E-state index is 14.9. The van der Waals surface area contributed by atoms with Crippen LogP contribution in [0.2, 0.25) is 5.02 Å². The van der Waals surface area contributed by atoms with Gasteiger partial charge in [-0.1, -0.05) is 48.9 Å². The van der Waals surface area contributed by atoms with Crippen molar-refractivity contribution in [2.24, 2.45) is 0 Å².